The minimum Gasteiger partial charge on any atom is -0.294 e. The Morgan fingerprint density at radius 3 is 2.00 bits per heavy atom. The Hall–Kier alpha value is -0.640. The highest BCUT2D eigenvalue weighted by Gasteiger charge is 1.79. The van der Waals surface area contributed by atoms with Gasteiger partial charge in [0.25, 0.3) is 0 Å². The van der Waals surface area contributed by atoms with Crippen molar-refractivity contribution in [1.29, 1.82) is 0 Å². The largest absolute Gasteiger partial charge is 0.294 e. The second-order valence-electron chi connectivity index (χ2n) is 0.989. The summed E-state index contributed by atoms with van der Waals surface area (Å²) in [4.78, 5) is 9.81. The summed E-state index contributed by atoms with van der Waals surface area (Å²) in [5.41, 5.74) is 0. The molecule has 0 amide bonds. The fourth-order valence-corrected chi connectivity index (χ4v) is 0.407. The van der Waals surface area contributed by atoms with Crippen molar-refractivity contribution in [3.8, 4) is 0 Å². The van der Waals surface area contributed by atoms with Crippen molar-refractivity contribution in [2.45, 2.75) is 6.92 Å². The summed E-state index contributed by atoms with van der Waals surface area (Å²) in [5.74, 6) is -0.451. The molecule has 0 heterocycles. The van der Waals surface area contributed by atoms with E-state index in [1.165, 1.54) is 6.92 Å². The molecule has 0 atom stereocenters. The molecule has 0 saturated carbocycles. The third kappa shape index (κ3) is 5.36. The van der Waals surface area contributed by atoms with Crippen LogP contribution in [0.3, 0.4) is 0 Å². The lowest BCUT2D eigenvalue weighted by Gasteiger charge is -1.61. The zero-order valence-electron chi connectivity index (χ0n) is 3.71. The van der Waals surface area contributed by atoms with E-state index in [4.69, 9.17) is 0 Å². The van der Waals surface area contributed by atoms with Crippen molar-refractivity contribution in [3.05, 3.63) is 0 Å². The molecule has 4 heteroatoms. The Bertz CT molecular complexity index is 178. The summed E-state index contributed by atoms with van der Waals surface area (Å²) >= 11 is 0. The van der Waals surface area contributed by atoms with Gasteiger partial charge in [0, 0.05) is 0 Å². The van der Waals surface area contributed by atoms with Crippen LogP contribution in [0.2, 0.25) is 0 Å². The molecule has 0 aromatic heterocycles. The second-order valence-corrected chi connectivity index (χ2v) is 1.75. The number of rotatable bonds is 1. The summed E-state index contributed by atoms with van der Waals surface area (Å²) in [5, 5.41) is 0.611. The SMILES string of the molecule is CC(=O)C=S(=O)=O. The first-order valence-corrected chi connectivity index (χ1v) is 2.70. The van der Waals surface area contributed by atoms with Crippen LogP contribution >= 0.6 is 0 Å². The van der Waals surface area contributed by atoms with Crippen LogP contribution in [0.25, 0.3) is 0 Å². The Morgan fingerprint density at radius 2 is 2.00 bits per heavy atom. The molecule has 0 aliphatic carbocycles. The van der Waals surface area contributed by atoms with E-state index in [0.717, 1.165) is 0 Å². The normalized spacial score (nSPS) is 7.57. The van der Waals surface area contributed by atoms with E-state index in [1.807, 2.05) is 0 Å². The minimum atomic E-state index is -2.32. The van der Waals surface area contributed by atoms with Crippen LogP contribution < -0.4 is 0 Å². The van der Waals surface area contributed by atoms with Crippen LogP contribution in [0.5, 0.6) is 0 Å². The van der Waals surface area contributed by atoms with Gasteiger partial charge in [-0.05, 0) is 6.92 Å². The van der Waals surface area contributed by atoms with Crippen molar-refractivity contribution in [1.82, 2.24) is 0 Å². The highest BCUT2D eigenvalue weighted by molar-refractivity contribution is 7.73. The van der Waals surface area contributed by atoms with E-state index in [9.17, 15) is 13.2 Å². The van der Waals surface area contributed by atoms with Crippen molar-refractivity contribution in [2.75, 3.05) is 0 Å². The first-order valence-electron chi connectivity index (χ1n) is 1.56. The van der Waals surface area contributed by atoms with Crippen molar-refractivity contribution in [3.63, 3.8) is 0 Å². The lowest BCUT2D eigenvalue weighted by molar-refractivity contribution is -0.110. The molecule has 0 N–H and O–H groups in total. The van der Waals surface area contributed by atoms with Gasteiger partial charge in [-0.3, -0.25) is 4.79 Å². The van der Waals surface area contributed by atoms with E-state index in [-0.39, 0.29) is 0 Å². The first kappa shape index (κ1) is 6.36. The minimum absolute atomic E-state index is 0.451. The van der Waals surface area contributed by atoms with E-state index >= 15 is 0 Å². The summed E-state index contributed by atoms with van der Waals surface area (Å²) < 4.78 is 19.1. The monoisotopic (exact) mass is 120 g/mol. The molecule has 0 aliphatic rings. The zero-order chi connectivity index (χ0) is 5.86. The first-order chi connectivity index (χ1) is 3.13. The third-order valence-corrected chi connectivity index (χ3v) is 0.787. The molecule has 7 heavy (non-hydrogen) atoms. The van der Waals surface area contributed by atoms with Gasteiger partial charge in [0.05, 0.1) is 0 Å². The van der Waals surface area contributed by atoms with Gasteiger partial charge in [0.2, 0.25) is 10.3 Å². The molecular formula is C3H4O3S. The van der Waals surface area contributed by atoms with Gasteiger partial charge in [-0.1, -0.05) is 0 Å². The predicted molar refractivity (Wildman–Crippen MR) is 25.7 cm³/mol. The van der Waals surface area contributed by atoms with E-state index < -0.39 is 16.1 Å². The molecule has 0 rings (SSSR count). The second kappa shape index (κ2) is 2.52. The van der Waals surface area contributed by atoms with Gasteiger partial charge in [0.15, 0.2) is 5.78 Å². The molecule has 0 aromatic rings. The predicted octanol–water partition coefficient (Wildman–Crippen LogP) is -0.743. The van der Waals surface area contributed by atoms with Crippen molar-refractivity contribution >= 4 is 21.4 Å². The Balaban J connectivity index is 4.26. The molecule has 0 saturated heterocycles. The fourth-order valence-electron chi connectivity index (χ4n) is 0.136. The van der Waals surface area contributed by atoms with Crippen LogP contribution in [0.1, 0.15) is 6.92 Å². The standard InChI is InChI=1S/C3H4O3S/c1-3(4)2-7(5)6/h2H,1H3. The number of carbonyl (C=O) groups excluding carboxylic acids is 1. The summed E-state index contributed by atoms with van der Waals surface area (Å²) in [6.45, 7) is 1.18. The lowest BCUT2D eigenvalue weighted by atomic mass is 10.5. The molecular weight excluding hydrogens is 116 g/mol. The third-order valence-electron chi connectivity index (χ3n) is 0.262. The molecule has 0 unspecified atom stereocenters. The van der Waals surface area contributed by atoms with Crippen LogP contribution in [0.4, 0.5) is 0 Å². The lowest BCUT2D eigenvalue weighted by Crippen LogP contribution is -1.89. The van der Waals surface area contributed by atoms with Gasteiger partial charge >= 0.3 is 0 Å². The molecule has 0 bridgehead atoms. The van der Waals surface area contributed by atoms with Gasteiger partial charge in [-0.2, -0.15) is 8.42 Å². The van der Waals surface area contributed by atoms with Gasteiger partial charge < -0.3 is 0 Å². The van der Waals surface area contributed by atoms with Crippen LogP contribution in [0.15, 0.2) is 0 Å². The smallest absolute Gasteiger partial charge is 0.217 e. The molecule has 0 spiro atoms. The van der Waals surface area contributed by atoms with E-state index in [2.05, 4.69) is 0 Å². The number of hydrogen-bond acceptors (Lipinski definition) is 3. The topological polar surface area (TPSA) is 51.2 Å². The molecule has 0 fully saturated rings. The quantitative estimate of drug-likeness (QED) is 0.428. The van der Waals surface area contributed by atoms with E-state index in [1.54, 1.807) is 0 Å². The molecule has 0 radical (unpaired) electrons. The highest BCUT2D eigenvalue weighted by Crippen LogP contribution is 1.52. The van der Waals surface area contributed by atoms with Crippen LogP contribution in [-0.2, 0) is 15.1 Å². The van der Waals surface area contributed by atoms with Gasteiger partial charge in [0.1, 0.15) is 5.37 Å². The van der Waals surface area contributed by atoms with Crippen molar-refractivity contribution in [2.24, 2.45) is 0 Å². The number of ketones is 1. The molecule has 0 aliphatic heterocycles. The fraction of sp³-hybridized carbons (Fsp3) is 0.333. The highest BCUT2D eigenvalue weighted by atomic mass is 32.2. The van der Waals surface area contributed by atoms with Gasteiger partial charge in [-0.25, -0.2) is 0 Å². The Kier molecular flexibility index (Phi) is 2.29. The summed E-state index contributed by atoms with van der Waals surface area (Å²) in [6, 6.07) is 0. The zero-order valence-corrected chi connectivity index (χ0v) is 4.53. The summed E-state index contributed by atoms with van der Waals surface area (Å²) in [6.07, 6.45) is 0. The average molecular weight is 120 g/mol. The summed E-state index contributed by atoms with van der Waals surface area (Å²) in [7, 11) is -2.32. The average Bonchev–Trinajstić information content (AvgIpc) is 1.27. The Morgan fingerprint density at radius 1 is 1.57 bits per heavy atom. The van der Waals surface area contributed by atoms with Gasteiger partial charge in [-0.15, -0.1) is 0 Å². The molecule has 0 aromatic carbocycles. The van der Waals surface area contributed by atoms with Crippen LogP contribution in [-0.4, -0.2) is 19.6 Å². The number of hydrogen-bond donors (Lipinski definition) is 0. The number of Topliss-reactive ketones (excluding diaryl/α,β-unsaturated/α-hetero) is 1. The number of carbonyl (C=O) groups is 1. The maximum Gasteiger partial charge on any atom is 0.217 e. The molecule has 40 valence electrons. The van der Waals surface area contributed by atoms with Crippen molar-refractivity contribution < 1.29 is 13.2 Å². The molecule has 3 nitrogen and oxygen atoms in total. The Labute approximate surface area is 42.5 Å². The maximum absolute atomic E-state index is 9.81. The van der Waals surface area contributed by atoms with Crippen LogP contribution in [0, 0.1) is 0 Å². The van der Waals surface area contributed by atoms with E-state index in [0.29, 0.717) is 5.37 Å². The maximum atomic E-state index is 9.81.